The third kappa shape index (κ3) is 3.26. The average molecular weight is 363 g/mol. The van der Waals surface area contributed by atoms with Crippen molar-refractivity contribution in [3.05, 3.63) is 71.4 Å². The molecule has 1 amide bonds. The van der Waals surface area contributed by atoms with Crippen molar-refractivity contribution in [2.24, 2.45) is 0 Å². The maximum atomic E-state index is 12.4. The first-order chi connectivity index (χ1) is 13.2. The molecule has 0 saturated carbocycles. The Morgan fingerprint density at radius 1 is 1.11 bits per heavy atom. The van der Waals surface area contributed by atoms with Gasteiger partial charge in [0.05, 0.1) is 27.0 Å². The molecule has 0 spiro atoms. The van der Waals surface area contributed by atoms with Gasteiger partial charge in [0.25, 0.3) is 0 Å². The van der Waals surface area contributed by atoms with E-state index in [-0.39, 0.29) is 11.8 Å². The number of anilines is 1. The van der Waals surface area contributed by atoms with Crippen molar-refractivity contribution >= 4 is 11.7 Å². The number of rotatable bonds is 5. The molecule has 2 aromatic carbocycles. The lowest BCUT2D eigenvalue weighted by atomic mass is 9.87. The molecule has 138 valence electrons. The minimum atomic E-state index is -0.0712. The maximum absolute atomic E-state index is 12.4. The molecule has 0 saturated heterocycles. The van der Waals surface area contributed by atoms with Gasteiger partial charge >= 0.3 is 0 Å². The molecule has 1 atom stereocenters. The zero-order valence-electron chi connectivity index (χ0n) is 15.3. The summed E-state index contributed by atoms with van der Waals surface area (Å²) in [5, 5.41) is 7.51. The zero-order chi connectivity index (χ0) is 18.8. The van der Waals surface area contributed by atoms with Gasteiger partial charge < -0.3 is 14.8 Å². The second kappa shape index (κ2) is 7.15. The van der Waals surface area contributed by atoms with Crippen LogP contribution in [0.1, 0.15) is 29.0 Å². The molecule has 0 aliphatic carbocycles. The van der Waals surface area contributed by atoms with Crippen molar-refractivity contribution in [2.45, 2.75) is 18.9 Å². The van der Waals surface area contributed by atoms with Gasteiger partial charge in [-0.3, -0.25) is 4.79 Å². The van der Waals surface area contributed by atoms with Crippen molar-refractivity contribution in [3.63, 3.8) is 0 Å². The van der Waals surface area contributed by atoms with Crippen LogP contribution in [0.5, 0.6) is 11.5 Å². The summed E-state index contributed by atoms with van der Waals surface area (Å²) in [7, 11) is 3.22. The number of hydrogen-bond donors (Lipinski definition) is 1. The molecule has 1 aromatic heterocycles. The number of carbonyl (C=O) groups excluding carboxylic acids is 1. The van der Waals surface area contributed by atoms with Crippen LogP contribution >= 0.6 is 0 Å². The number of carbonyl (C=O) groups is 1. The number of methoxy groups -OCH3 is 2. The fourth-order valence-electron chi connectivity index (χ4n) is 3.51. The van der Waals surface area contributed by atoms with E-state index in [1.165, 1.54) is 0 Å². The van der Waals surface area contributed by atoms with Crippen molar-refractivity contribution < 1.29 is 14.3 Å². The Bertz CT molecular complexity index is 966. The van der Waals surface area contributed by atoms with Gasteiger partial charge in [-0.1, -0.05) is 36.4 Å². The van der Waals surface area contributed by atoms with Gasteiger partial charge in [-0.05, 0) is 23.3 Å². The van der Waals surface area contributed by atoms with Crippen molar-refractivity contribution in [2.75, 3.05) is 19.5 Å². The number of fused-ring (bicyclic) bond motifs is 1. The number of nitrogens with zero attached hydrogens (tertiary/aromatic N) is 2. The van der Waals surface area contributed by atoms with Crippen LogP contribution in [0.4, 0.5) is 5.82 Å². The van der Waals surface area contributed by atoms with E-state index >= 15 is 0 Å². The summed E-state index contributed by atoms with van der Waals surface area (Å²) in [6, 6.07) is 15.8. The fourth-order valence-corrected chi connectivity index (χ4v) is 3.51. The normalized spacial score (nSPS) is 15.8. The Morgan fingerprint density at radius 3 is 2.63 bits per heavy atom. The molecular formula is C21H21N3O3. The molecule has 4 rings (SSSR count). The average Bonchev–Trinajstić information content (AvgIpc) is 3.10. The Balaban J connectivity index is 1.71. The van der Waals surface area contributed by atoms with E-state index in [1.807, 2.05) is 59.4 Å². The highest BCUT2D eigenvalue weighted by molar-refractivity contribution is 5.94. The molecule has 1 aliphatic rings. The number of aromatic nitrogens is 2. The predicted octanol–water partition coefficient (Wildman–Crippen LogP) is 3.42. The summed E-state index contributed by atoms with van der Waals surface area (Å²) in [5.74, 6) is 1.99. The first-order valence-electron chi connectivity index (χ1n) is 8.81. The highest BCUT2D eigenvalue weighted by Gasteiger charge is 2.30. The second-order valence-electron chi connectivity index (χ2n) is 6.51. The number of hydrogen-bond acceptors (Lipinski definition) is 4. The molecule has 0 bridgehead atoms. The molecule has 27 heavy (non-hydrogen) atoms. The smallest absolute Gasteiger partial charge is 0.226 e. The minimum Gasteiger partial charge on any atom is -0.493 e. The van der Waals surface area contributed by atoms with E-state index in [4.69, 9.17) is 9.47 Å². The van der Waals surface area contributed by atoms with Crippen LogP contribution in [0.3, 0.4) is 0 Å². The molecular weight excluding hydrogens is 342 g/mol. The summed E-state index contributed by atoms with van der Waals surface area (Å²) < 4.78 is 12.6. The summed E-state index contributed by atoms with van der Waals surface area (Å²) >= 11 is 0. The predicted molar refractivity (Wildman–Crippen MR) is 102 cm³/mol. The van der Waals surface area contributed by atoms with E-state index in [2.05, 4.69) is 10.4 Å². The van der Waals surface area contributed by atoms with Crippen LogP contribution in [0.15, 0.2) is 54.7 Å². The zero-order valence-corrected chi connectivity index (χ0v) is 15.3. The van der Waals surface area contributed by atoms with Crippen LogP contribution in [0.2, 0.25) is 0 Å². The Hall–Kier alpha value is -3.28. The van der Waals surface area contributed by atoms with Gasteiger partial charge in [-0.25, -0.2) is 4.68 Å². The summed E-state index contributed by atoms with van der Waals surface area (Å²) in [6.45, 7) is 0.606. The van der Waals surface area contributed by atoms with E-state index in [0.717, 1.165) is 22.5 Å². The van der Waals surface area contributed by atoms with E-state index in [1.54, 1.807) is 14.2 Å². The van der Waals surface area contributed by atoms with Gasteiger partial charge in [0.2, 0.25) is 5.91 Å². The van der Waals surface area contributed by atoms with Crippen LogP contribution in [0, 0.1) is 0 Å². The number of ether oxygens (including phenoxy) is 2. The second-order valence-corrected chi connectivity index (χ2v) is 6.51. The minimum absolute atomic E-state index is 0.0166. The fraction of sp³-hybridized carbons (Fsp3) is 0.238. The number of amides is 1. The molecule has 0 unspecified atom stereocenters. The highest BCUT2D eigenvalue weighted by Crippen LogP contribution is 2.40. The van der Waals surface area contributed by atoms with Crippen LogP contribution in [-0.4, -0.2) is 29.9 Å². The Labute approximate surface area is 157 Å². The van der Waals surface area contributed by atoms with Gasteiger partial charge in [0.1, 0.15) is 5.82 Å². The van der Waals surface area contributed by atoms with Crippen molar-refractivity contribution in [1.82, 2.24) is 9.78 Å². The number of nitrogens with one attached hydrogen (secondary N) is 1. The molecule has 0 fully saturated rings. The highest BCUT2D eigenvalue weighted by atomic mass is 16.5. The molecule has 1 aliphatic heterocycles. The van der Waals surface area contributed by atoms with E-state index in [0.29, 0.717) is 24.5 Å². The van der Waals surface area contributed by atoms with Gasteiger partial charge in [-0.2, -0.15) is 5.10 Å². The molecule has 6 nitrogen and oxygen atoms in total. The van der Waals surface area contributed by atoms with Crippen molar-refractivity contribution in [3.8, 4) is 11.5 Å². The molecule has 1 N–H and O–H groups in total. The molecule has 3 aromatic rings. The van der Waals surface area contributed by atoms with Crippen molar-refractivity contribution in [1.29, 1.82) is 0 Å². The first-order valence-corrected chi connectivity index (χ1v) is 8.81. The van der Waals surface area contributed by atoms with Crippen LogP contribution < -0.4 is 14.8 Å². The number of benzene rings is 2. The SMILES string of the molecule is COc1ccc([C@H]2CC(=O)Nc3c2cnn3Cc2ccccc2)cc1OC. The van der Waals surface area contributed by atoms with Gasteiger partial charge in [-0.15, -0.1) is 0 Å². The third-order valence-corrected chi connectivity index (χ3v) is 4.88. The molecule has 0 radical (unpaired) electrons. The van der Waals surface area contributed by atoms with Gasteiger partial charge in [0.15, 0.2) is 11.5 Å². The quantitative estimate of drug-likeness (QED) is 0.754. The van der Waals surface area contributed by atoms with E-state index < -0.39 is 0 Å². The third-order valence-electron chi connectivity index (χ3n) is 4.88. The molecule has 2 heterocycles. The lowest BCUT2D eigenvalue weighted by molar-refractivity contribution is -0.116. The van der Waals surface area contributed by atoms with Crippen LogP contribution in [-0.2, 0) is 11.3 Å². The Kier molecular flexibility index (Phi) is 4.54. The summed E-state index contributed by atoms with van der Waals surface area (Å²) in [4.78, 5) is 12.4. The largest absolute Gasteiger partial charge is 0.493 e. The topological polar surface area (TPSA) is 65.4 Å². The lowest BCUT2D eigenvalue weighted by Crippen LogP contribution is -2.25. The lowest BCUT2D eigenvalue weighted by Gasteiger charge is -2.24. The summed E-state index contributed by atoms with van der Waals surface area (Å²) in [6.07, 6.45) is 2.22. The Morgan fingerprint density at radius 2 is 1.89 bits per heavy atom. The standard InChI is InChI=1S/C21H21N3O3/c1-26-18-9-8-15(10-19(18)27-2)16-11-20(25)23-21-17(16)12-22-24(21)13-14-6-4-3-5-7-14/h3-10,12,16H,11,13H2,1-2H3,(H,23,25)/t16-/m1/s1. The molecule has 6 heteroatoms. The maximum Gasteiger partial charge on any atom is 0.226 e. The van der Waals surface area contributed by atoms with Crippen LogP contribution in [0.25, 0.3) is 0 Å². The summed E-state index contributed by atoms with van der Waals surface area (Å²) in [5.41, 5.74) is 3.15. The van der Waals surface area contributed by atoms with E-state index in [9.17, 15) is 4.79 Å². The monoisotopic (exact) mass is 363 g/mol. The van der Waals surface area contributed by atoms with Gasteiger partial charge in [0, 0.05) is 17.9 Å². The first kappa shape index (κ1) is 17.1.